The fourth-order valence-electron chi connectivity index (χ4n) is 3.71. The number of rotatable bonds is 7. The number of methoxy groups -OCH3 is 1. The maximum absolute atomic E-state index is 11.8. The molecule has 1 aromatic heterocycles. The average Bonchev–Trinajstić information content (AvgIpc) is 3.16. The van der Waals surface area contributed by atoms with Crippen LogP contribution in [0.25, 0.3) is 11.0 Å². The fraction of sp³-hybridized carbons (Fsp3) is 0.556. The topological polar surface area (TPSA) is 73.4 Å². The van der Waals surface area contributed by atoms with Gasteiger partial charge < -0.3 is 15.0 Å². The highest BCUT2D eigenvalue weighted by atomic mass is 16.5. The van der Waals surface area contributed by atoms with Crippen molar-refractivity contribution in [2.75, 3.05) is 26.8 Å². The molecule has 1 unspecified atom stereocenters. The summed E-state index contributed by atoms with van der Waals surface area (Å²) >= 11 is 0. The molecule has 0 spiro atoms. The number of para-hydroxylation sites is 1. The minimum atomic E-state index is -0.430. The summed E-state index contributed by atoms with van der Waals surface area (Å²) in [5.41, 5.74) is 7.70. The molecule has 130 valence electrons. The largest absolute Gasteiger partial charge is 0.383 e. The predicted molar refractivity (Wildman–Crippen MR) is 94.0 cm³/mol. The molecular weight excluding hydrogens is 304 g/mol. The van der Waals surface area contributed by atoms with E-state index in [2.05, 4.69) is 16.4 Å². The molecule has 1 aliphatic heterocycles. The van der Waals surface area contributed by atoms with Crippen LogP contribution < -0.4 is 5.73 Å². The Morgan fingerprint density at radius 1 is 1.42 bits per heavy atom. The van der Waals surface area contributed by atoms with E-state index in [9.17, 15) is 4.79 Å². The normalized spacial score (nSPS) is 18.5. The molecule has 1 fully saturated rings. The van der Waals surface area contributed by atoms with Gasteiger partial charge in [0.25, 0.3) is 5.91 Å². The molecule has 0 saturated carbocycles. The second kappa shape index (κ2) is 7.32. The first-order chi connectivity index (χ1) is 11.7. The van der Waals surface area contributed by atoms with E-state index in [4.69, 9.17) is 15.5 Å². The van der Waals surface area contributed by atoms with E-state index < -0.39 is 5.91 Å². The van der Waals surface area contributed by atoms with Crippen molar-refractivity contribution in [3.05, 3.63) is 29.6 Å². The lowest BCUT2D eigenvalue weighted by molar-refractivity contribution is 0.100. The molecule has 1 saturated heterocycles. The Labute approximate surface area is 142 Å². The highest BCUT2D eigenvalue weighted by Gasteiger charge is 2.30. The van der Waals surface area contributed by atoms with Gasteiger partial charge in [0.2, 0.25) is 0 Å². The third-order valence-corrected chi connectivity index (χ3v) is 4.77. The van der Waals surface area contributed by atoms with Crippen LogP contribution >= 0.6 is 0 Å². The summed E-state index contributed by atoms with van der Waals surface area (Å²) in [5, 5.41) is 0. The second-order valence-corrected chi connectivity index (χ2v) is 6.35. The number of ether oxygens (including phenoxy) is 1. The third-order valence-electron chi connectivity index (χ3n) is 4.77. The zero-order chi connectivity index (χ0) is 17.1. The molecule has 2 heterocycles. The van der Waals surface area contributed by atoms with Gasteiger partial charge in [0.1, 0.15) is 11.3 Å². The van der Waals surface area contributed by atoms with Gasteiger partial charge in [-0.3, -0.25) is 9.69 Å². The third kappa shape index (κ3) is 3.03. The highest BCUT2D eigenvalue weighted by molar-refractivity contribution is 6.04. The highest BCUT2D eigenvalue weighted by Crippen LogP contribution is 2.34. The van der Waals surface area contributed by atoms with Crippen LogP contribution in [0.3, 0.4) is 0 Å². The van der Waals surface area contributed by atoms with E-state index in [1.165, 1.54) is 6.42 Å². The van der Waals surface area contributed by atoms with Gasteiger partial charge in [0.05, 0.1) is 23.7 Å². The van der Waals surface area contributed by atoms with E-state index in [-0.39, 0.29) is 0 Å². The van der Waals surface area contributed by atoms with Crippen molar-refractivity contribution in [2.24, 2.45) is 5.73 Å². The number of amides is 1. The number of imidazole rings is 1. The first-order valence-corrected chi connectivity index (χ1v) is 8.69. The van der Waals surface area contributed by atoms with Gasteiger partial charge >= 0.3 is 0 Å². The van der Waals surface area contributed by atoms with Crippen LogP contribution in [0.1, 0.15) is 48.4 Å². The lowest BCUT2D eigenvalue weighted by atomic mass is 10.2. The SMILES string of the molecule is CCCN1CCCC1c1nc2c(C(N)=O)cccc2n1CCOC. The quantitative estimate of drug-likeness (QED) is 0.845. The number of carbonyl (C=O) groups is 1. The van der Waals surface area contributed by atoms with E-state index in [1.807, 2.05) is 12.1 Å². The van der Waals surface area contributed by atoms with Crippen molar-refractivity contribution >= 4 is 16.9 Å². The first kappa shape index (κ1) is 16.9. The summed E-state index contributed by atoms with van der Waals surface area (Å²) in [6.45, 7) is 5.71. The number of nitrogens with two attached hydrogens (primary N) is 1. The van der Waals surface area contributed by atoms with Crippen LogP contribution in [0.2, 0.25) is 0 Å². The number of hydrogen-bond donors (Lipinski definition) is 1. The van der Waals surface area contributed by atoms with E-state index in [0.29, 0.717) is 23.7 Å². The number of fused-ring (bicyclic) bond motifs is 1. The van der Waals surface area contributed by atoms with Gasteiger partial charge in [0, 0.05) is 13.7 Å². The molecule has 1 aromatic carbocycles. The predicted octanol–water partition coefficient (Wildman–Crippen LogP) is 2.33. The van der Waals surface area contributed by atoms with Gasteiger partial charge in [-0.25, -0.2) is 4.98 Å². The Hall–Kier alpha value is -1.92. The number of nitrogens with zero attached hydrogens (tertiary/aromatic N) is 3. The molecule has 0 radical (unpaired) electrons. The number of primary amides is 1. The second-order valence-electron chi connectivity index (χ2n) is 6.35. The van der Waals surface area contributed by atoms with E-state index >= 15 is 0 Å². The number of benzene rings is 1. The maximum atomic E-state index is 11.8. The maximum Gasteiger partial charge on any atom is 0.250 e. The molecule has 6 nitrogen and oxygen atoms in total. The molecule has 1 amide bonds. The Morgan fingerprint density at radius 3 is 2.96 bits per heavy atom. The molecule has 2 aromatic rings. The zero-order valence-electron chi connectivity index (χ0n) is 14.5. The van der Waals surface area contributed by atoms with E-state index in [1.54, 1.807) is 13.2 Å². The van der Waals surface area contributed by atoms with Crippen molar-refractivity contribution in [1.29, 1.82) is 0 Å². The summed E-state index contributed by atoms with van der Waals surface area (Å²) in [5.74, 6) is 0.599. The Morgan fingerprint density at radius 2 is 2.25 bits per heavy atom. The number of likely N-dealkylation sites (tertiary alicyclic amines) is 1. The van der Waals surface area contributed by atoms with Crippen LogP contribution in [0.15, 0.2) is 18.2 Å². The number of carbonyl (C=O) groups excluding carboxylic acids is 1. The first-order valence-electron chi connectivity index (χ1n) is 8.69. The molecule has 0 bridgehead atoms. The van der Waals surface area contributed by atoms with Crippen molar-refractivity contribution in [1.82, 2.24) is 14.5 Å². The van der Waals surface area contributed by atoms with Crippen molar-refractivity contribution in [2.45, 2.75) is 38.8 Å². The number of aromatic nitrogens is 2. The fourth-order valence-corrected chi connectivity index (χ4v) is 3.71. The molecular formula is C18H26N4O2. The Balaban J connectivity index is 2.11. The molecule has 6 heteroatoms. The van der Waals surface area contributed by atoms with Crippen molar-refractivity contribution < 1.29 is 9.53 Å². The van der Waals surface area contributed by atoms with Crippen molar-refractivity contribution in [3.63, 3.8) is 0 Å². The monoisotopic (exact) mass is 330 g/mol. The summed E-state index contributed by atoms with van der Waals surface area (Å²) in [6.07, 6.45) is 3.41. The lowest BCUT2D eigenvalue weighted by Gasteiger charge is -2.24. The van der Waals surface area contributed by atoms with Gasteiger partial charge in [-0.1, -0.05) is 13.0 Å². The summed E-state index contributed by atoms with van der Waals surface area (Å²) in [4.78, 5) is 19.1. The smallest absolute Gasteiger partial charge is 0.250 e. The van der Waals surface area contributed by atoms with Crippen molar-refractivity contribution in [3.8, 4) is 0 Å². The Bertz CT molecular complexity index is 725. The van der Waals surface area contributed by atoms with Gasteiger partial charge in [0.15, 0.2) is 0 Å². The molecule has 2 N–H and O–H groups in total. The van der Waals surface area contributed by atoms with Crippen LogP contribution in [-0.2, 0) is 11.3 Å². The molecule has 1 aliphatic rings. The summed E-state index contributed by atoms with van der Waals surface area (Å²) < 4.78 is 7.48. The van der Waals surface area contributed by atoms with Gasteiger partial charge in [-0.2, -0.15) is 0 Å². The number of hydrogen-bond acceptors (Lipinski definition) is 4. The Kier molecular flexibility index (Phi) is 5.16. The van der Waals surface area contributed by atoms with Crippen LogP contribution in [0, 0.1) is 0 Å². The molecule has 1 atom stereocenters. The summed E-state index contributed by atoms with van der Waals surface area (Å²) in [7, 11) is 1.70. The standard InChI is InChI=1S/C18H26N4O2/c1-3-9-21-10-5-8-15(21)18-20-16-13(17(19)23)6-4-7-14(16)22(18)11-12-24-2/h4,6-7,15H,3,5,8-12H2,1-2H3,(H2,19,23). The van der Waals surface area contributed by atoms with E-state index in [0.717, 1.165) is 43.8 Å². The zero-order valence-corrected chi connectivity index (χ0v) is 14.5. The lowest BCUT2D eigenvalue weighted by Crippen LogP contribution is -2.26. The van der Waals surface area contributed by atoms with Crippen LogP contribution in [-0.4, -0.2) is 47.2 Å². The minimum Gasteiger partial charge on any atom is -0.383 e. The van der Waals surface area contributed by atoms with Gasteiger partial charge in [-0.15, -0.1) is 0 Å². The van der Waals surface area contributed by atoms with Gasteiger partial charge in [-0.05, 0) is 44.5 Å². The molecule has 0 aliphatic carbocycles. The van der Waals surface area contributed by atoms with Crippen LogP contribution in [0.5, 0.6) is 0 Å². The molecule has 24 heavy (non-hydrogen) atoms. The average molecular weight is 330 g/mol. The summed E-state index contributed by atoms with van der Waals surface area (Å²) in [6, 6.07) is 5.93. The van der Waals surface area contributed by atoms with Crippen LogP contribution in [0.4, 0.5) is 0 Å². The minimum absolute atomic E-state index is 0.301. The molecule has 3 rings (SSSR count).